The predicted molar refractivity (Wildman–Crippen MR) is 116 cm³/mol. The first kappa shape index (κ1) is 23.3. The van der Waals surface area contributed by atoms with Gasteiger partial charge in [-0.3, -0.25) is 14.5 Å². The van der Waals surface area contributed by atoms with Crippen LogP contribution in [0.15, 0.2) is 46.9 Å². The number of hydrogen-bond donors (Lipinski definition) is 2. The van der Waals surface area contributed by atoms with Gasteiger partial charge in [0.25, 0.3) is 5.91 Å². The Morgan fingerprint density at radius 2 is 1.71 bits per heavy atom. The molecule has 0 aliphatic carbocycles. The molecule has 1 atom stereocenters. The van der Waals surface area contributed by atoms with E-state index in [0.717, 1.165) is 24.7 Å². The van der Waals surface area contributed by atoms with E-state index in [2.05, 4.69) is 31.5 Å². The SMILES string of the molecule is O=C(CCNC(=O)c1cc(F)ccc1Br)NCC(c1ccc(F)cc1)N1CCOCC1. The molecule has 0 saturated carbocycles. The molecular weight excluding hydrogens is 472 g/mol. The first-order valence-electron chi connectivity index (χ1n) is 10.0. The lowest BCUT2D eigenvalue weighted by atomic mass is 10.0. The van der Waals surface area contributed by atoms with Crippen molar-refractivity contribution in [3.63, 3.8) is 0 Å². The Morgan fingerprint density at radius 3 is 2.42 bits per heavy atom. The largest absolute Gasteiger partial charge is 0.379 e. The molecule has 0 aromatic heterocycles. The maximum Gasteiger partial charge on any atom is 0.252 e. The molecule has 6 nitrogen and oxygen atoms in total. The normalized spacial score (nSPS) is 15.3. The van der Waals surface area contributed by atoms with Crippen LogP contribution in [0.4, 0.5) is 8.78 Å². The van der Waals surface area contributed by atoms with Crippen molar-refractivity contribution in [2.45, 2.75) is 12.5 Å². The first-order valence-corrected chi connectivity index (χ1v) is 10.8. The van der Waals surface area contributed by atoms with Crippen LogP contribution in [0.1, 0.15) is 28.4 Å². The number of carbonyl (C=O) groups excluding carboxylic acids is 2. The molecule has 9 heteroatoms. The molecule has 1 unspecified atom stereocenters. The maximum atomic E-state index is 13.4. The third kappa shape index (κ3) is 6.81. The van der Waals surface area contributed by atoms with Crippen molar-refractivity contribution >= 4 is 27.7 Å². The van der Waals surface area contributed by atoms with Crippen molar-refractivity contribution in [3.8, 4) is 0 Å². The van der Waals surface area contributed by atoms with Crippen LogP contribution in [0.5, 0.6) is 0 Å². The zero-order valence-electron chi connectivity index (χ0n) is 16.9. The van der Waals surface area contributed by atoms with Gasteiger partial charge in [0.2, 0.25) is 5.91 Å². The van der Waals surface area contributed by atoms with E-state index in [1.807, 2.05) is 0 Å². The number of amides is 2. The Kier molecular flexibility index (Phi) is 8.51. The number of ether oxygens (including phenoxy) is 1. The van der Waals surface area contributed by atoms with Crippen LogP contribution in [0.25, 0.3) is 0 Å². The predicted octanol–water partition coefficient (Wildman–Crippen LogP) is 3.04. The van der Waals surface area contributed by atoms with Gasteiger partial charge in [-0.2, -0.15) is 0 Å². The first-order chi connectivity index (χ1) is 14.9. The lowest BCUT2D eigenvalue weighted by Gasteiger charge is -2.35. The lowest BCUT2D eigenvalue weighted by molar-refractivity contribution is -0.121. The summed E-state index contributed by atoms with van der Waals surface area (Å²) in [6, 6.07) is 9.99. The Hall–Kier alpha value is -2.36. The van der Waals surface area contributed by atoms with Gasteiger partial charge < -0.3 is 15.4 Å². The molecule has 2 N–H and O–H groups in total. The smallest absolute Gasteiger partial charge is 0.252 e. The average Bonchev–Trinajstić information content (AvgIpc) is 2.77. The fourth-order valence-corrected chi connectivity index (χ4v) is 3.81. The molecule has 0 spiro atoms. The molecule has 0 bridgehead atoms. The summed E-state index contributed by atoms with van der Waals surface area (Å²) in [7, 11) is 0. The summed E-state index contributed by atoms with van der Waals surface area (Å²) in [6.07, 6.45) is 0.0813. The van der Waals surface area contributed by atoms with Crippen molar-refractivity contribution in [1.82, 2.24) is 15.5 Å². The quantitative estimate of drug-likeness (QED) is 0.590. The Labute approximate surface area is 188 Å². The van der Waals surface area contributed by atoms with E-state index >= 15 is 0 Å². The number of rotatable bonds is 8. The number of halogens is 3. The minimum absolute atomic E-state index is 0.0813. The van der Waals surface area contributed by atoms with Gasteiger partial charge in [0.05, 0.1) is 24.8 Å². The Morgan fingerprint density at radius 1 is 1.03 bits per heavy atom. The highest BCUT2D eigenvalue weighted by molar-refractivity contribution is 9.10. The summed E-state index contributed by atoms with van der Waals surface area (Å²) in [5.74, 6) is -1.51. The minimum atomic E-state index is -0.513. The molecule has 166 valence electrons. The highest BCUT2D eigenvalue weighted by atomic mass is 79.9. The lowest BCUT2D eigenvalue weighted by Crippen LogP contribution is -2.44. The molecule has 1 saturated heterocycles. The van der Waals surface area contributed by atoms with E-state index < -0.39 is 11.7 Å². The van der Waals surface area contributed by atoms with Crippen LogP contribution in [0.3, 0.4) is 0 Å². The molecular formula is C22H24BrF2N3O3. The standard InChI is InChI=1S/C22H24BrF2N3O3/c23-19-6-5-17(25)13-18(19)22(30)26-8-7-21(29)27-14-20(28-9-11-31-12-10-28)15-1-3-16(24)4-2-15/h1-6,13,20H,7-12,14H2,(H,26,30)(H,27,29). The molecule has 2 aromatic carbocycles. The van der Waals surface area contributed by atoms with Crippen molar-refractivity contribution in [2.75, 3.05) is 39.4 Å². The van der Waals surface area contributed by atoms with E-state index in [0.29, 0.717) is 24.2 Å². The number of hydrogen-bond acceptors (Lipinski definition) is 4. The van der Waals surface area contributed by atoms with Crippen LogP contribution >= 0.6 is 15.9 Å². The van der Waals surface area contributed by atoms with Gasteiger partial charge in [-0.1, -0.05) is 12.1 Å². The summed E-state index contributed by atoms with van der Waals surface area (Å²) in [5.41, 5.74) is 1.08. The molecule has 0 radical (unpaired) electrons. The van der Waals surface area contributed by atoms with Gasteiger partial charge >= 0.3 is 0 Å². The minimum Gasteiger partial charge on any atom is -0.379 e. The zero-order chi connectivity index (χ0) is 22.2. The topological polar surface area (TPSA) is 70.7 Å². The zero-order valence-corrected chi connectivity index (χ0v) is 18.5. The fourth-order valence-electron chi connectivity index (χ4n) is 3.39. The molecule has 1 aliphatic rings. The van der Waals surface area contributed by atoms with E-state index in [1.165, 1.54) is 24.3 Å². The van der Waals surface area contributed by atoms with Gasteiger partial charge in [0.1, 0.15) is 11.6 Å². The van der Waals surface area contributed by atoms with Gasteiger partial charge in [-0.05, 0) is 51.8 Å². The van der Waals surface area contributed by atoms with E-state index in [9.17, 15) is 18.4 Å². The molecule has 31 heavy (non-hydrogen) atoms. The van der Waals surface area contributed by atoms with E-state index in [-0.39, 0.29) is 36.3 Å². The third-order valence-corrected chi connectivity index (χ3v) is 5.74. The van der Waals surface area contributed by atoms with Crippen molar-refractivity contribution in [1.29, 1.82) is 0 Å². The number of benzene rings is 2. The molecule has 1 heterocycles. The van der Waals surface area contributed by atoms with E-state index in [1.54, 1.807) is 12.1 Å². The second kappa shape index (κ2) is 11.3. The van der Waals surface area contributed by atoms with Crippen molar-refractivity contribution < 1.29 is 23.1 Å². The maximum absolute atomic E-state index is 13.4. The number of nitrogens with one attached hydrogen (secondary N) is 2. The van der Waals surface area contributed by atoms with Gasteiger partial charge in [-0.25, -0.2) is 8.78 Å². The number of morpholine rings is 1. The fraction of sp³-hybridized carbons (Fsp3) is 0.364. The van der Waals surface area contributed by atoms with Crippen LogP contribution in [-0.2, 0) is 9.53 Å². The summed E-state index contributed by atoms with van der Waals surface area (Å²) >= 11 is 3.21. The molecule has 2 aromatic rings. The molecule has 3 rings (SSSR count). The monoisotopic (exact) mass is 495 g/mol. The van der Waals surface area contributed by atoms with Gasteiger partial charge in [0.15, 0.2) is 0 Å². The van der Waals surface area contributed by atoms with Crippen LogP contribution in [0.2, 0.25) is 0 Å². The van der Waals surface area contributed by atoms with Crippen molar-refractivity contribution in [2.24, 2.45) is 0 Å². The van der Waals surface area contributed by atoms with Gasteiger partial charge in [0, 0.05) is 37.1 Å². The average molecular weight is 496 g/mol. The molecule has 1 fully saturated rings. The number of carbonyl (C=O) groups is 2. The summed E-state index contributed by atoms with van der Waals surface area (Å²) in [4.78, 5) is 26.7. The summed E-state index contributed by atoms with van der Waals surface area (Å²) < 4.78 is 32.5. The molecule has 2 amide bonds. The summed E-state index contributed by atoms with van der Waals surface area (Å²) in [5, 5.41) is 5.51. The number of nitrogens with zero attached hydrogens (tertiary/aromatic N) is 1. The summed E-state index contributed by atoms with van der Waals surface area (Å²) in [6.45, 7) is 3.12. The highest BCUT2D eigenvalue weighted by Gasteiger charge is 2.23. The van der Waals surface area contributed by atoms with Crippen LogP contribution in [0, 0.1) is 11.6 Å². The van der Waals surface area contributed by atoms with Crippen LogP contribution < -0.4 is 10.6 Å². The van der Waals surface area contributed by atoms with E-state index in [4.69, 9.17) is 4.74 Å². The Bertz CT molecular complexity index is 905. The Balaban J connectivity index is 1.51. The van der Waals surface area contributed by atoms with Gasteiger partial charge in [-0.15, -0.1) is 0 Å². The van der Waals surface area contributed by atoms with Crippen molar-refractivity contribution in [3.05, 3.63) is 69.7 Å². The second-order valence-corrected chi connectivity index (χ2v) is 8.00. The third-order valence-electron chi connectivity index (χ3n) is 5.04. The molecule has 1 aliphatic heterocycles. The highest BCUT2D eigenvalue weighted by Crippen LogP contribution is 2.22. The van der Waals surface area contributed by atoms with Crippen LogP contribution in [-0.4, -0.2) is 56.1 Å². The second-order valence-electron chi connectivity index (χ2n) is 7.15.